The van der Waals surface area contributed by atoms with Crippen molar-refractivity contribution in [1.29, 1.82) is 0 Å². The van der Waals surface area contributed by atoms with E-state index in [9.17, 15) is 4.79 Å². The molecule has 0 saturated carbocycles. The monoisotopic (exact) mass is 184 g/mol. The Balaban J connectivity index is 2.31. The number of rotatable bonds is 2. The largest absolute Gasteiger partial charge is 0.419 e. The highest BCUT2D eigenvalue weighted by Crippen LogP contribution is 2.02. The van der Waals surface area contributed by atoms with E-state index in [-0.39, 0.29) is 6.09 Å². The summed E-state index contributed by atoms with van der Waals surface area (Å²) in [6.07, 6.45) is 0.889. The van der Waals surface area contributed by atoms with Crippen LogP contribution in [0.25, 0.3) is 0 Å². The van der Waals surface area contributed by atoms with Crippen molar-refractivity contribution >= 4 is 6.09 Å². The quantitative estimate of drug-likeness (QED) is 0.598. The number of nitrogens with zero attached hydrogens (tertiary/aromatic N) is 2. The summed E-state index contributed by atoms with van der Waals surface area (Å²) in [5, 5.41) is 0. The van der Waals surface area contributed by atoms with Gasteiger partial charge in [-0.1, -0.05) is 13.5 Å². The van der Waals surface area contributed by atoms with Gasteiger partial charge in [-0.3, -0.25) is 0 Å². The molecule has 1 saturated heterocycles. The first-order valence-corrected chi connectivity index (χ1v) is 4.56. The molecule has 0 aromatic carbocycles. The smallest absolute Gasteiger partial charge is 0.414 e. The van der Waals surface area contributed by atoms with Gasteiger partial charge in [-0.2, -0.15) is 0 Å². The van der Waals surface area contributed by atoms with Gasteiger partial charge in [0.15, 0.2) is 0 Å². The molecule has 1 fully saturated rings. The molecule has 0 atom stereocenters. The average Bonchev–Trinajstić information content (AvgIpc) is 2.18. The Hall–Kier alpha value is -1.03. The lowest BCUT2D eigenvalue weighted by Gasteiger charge is -2.32. The fraction of sp³-hybridized carbons (Fsp3) is 0.667. The molecule has 13 heavy (non-hydrogen) atoms. The van der Waals surface area contributed by atoms with Crippen LogP contribution in [0.3, 0.4) is 0 Å². The molecule has 1 rings (SSSR count). The number of carbonyl (C=O) groups is 1. The molecule has 1 heterocycles. The van der Waals surface area contributed by atoms with E-state index in [2.05, 4.69) is 23.1 Å². The standard InChI is InChI=1S/C9H16N2O2/c1-3-10-5-7-11(8-6-10)9(12)13-4-2/h4H,2-3,5-8H2,1H3. The lowest BCUT2D eigenvalue weighted by molar-refractivity contribution is 0.102. The number of carbonyl (C=O) groups excluding carboxylic acids is 1. The molecule has 1 aliphatic heterocycles. The second-order valence-corrected chi connectivity index (χ2v) is 2.97. The average molecular weight is 184 g/mol. The number of piperazine rings is 1. The molecule has 0 radical (unpaired) electrons. The van der Waals surface area contributed by atoms with Gasteiger partial charge < -0.3 is 14.5 Å². The molecule has 4 heteroatoms. The summed E-state index contributed by atoms with van der Waals surface area (Å²) in [7, 11) is 0. The molecule has 0 bridgehead atoms. The molecule has 0 aromatic rings. The maximum absolute atomic E-state index is 11.2. The normalized spacial score (nSPS) is 18.4. The van der Waals surface area contributed by atoms with E-state index in [1.54, 1.807) is 4.90 Å². The Morgan fingerprint density at radius 3 is 2.54 bits per heavy atom. The van der Waals surface area contributed by atoms with Crippen LogP contribution < -0.4 is 0 Å². The first-order valence-electron chi connectivity index (χ1n) is 4.56. The summed E-state index contributed by atoms with van der Waals surface area (Å²) in [5.74, 6) is 0. The highest BCUT2D eigenvalue weighted by atomic mass is 16.5. The molecule has 74 valence electrons. The summed E-state index contributed by atoms with van der Waals surface area (Å²) in [5.41, 5.74) is 0. The lowest BCUT2D eigenvalue weighted by atomic mass is 10.3. The van der Waals surface area contributed by atoms with Crippen molar-refractivity contribution in [2.24, 2.45) is 0 Å². The molecular weight excluding hydrogens is 168 g/mol. The van der Waals surface area contributed by atoms with Gasteiger partial charge in [0.25, 0.3) is 0 Å². The minimum absolute atomic E-state index is 0.286. The first-order chi connectivity index (χ1) is 6.27. The molecule has 1 amide bonds. The summed E-state index contributed by atoms with van der Waals surface area (Å²) < 4.78 is 4.68. The van der Waals surface area contributed by atoms with E-state index in [0.717, 1.165) is 32.7 Å². The maximum Gasteiger partial charge on any atom is 0.414 e. The number of hydrogen-bond donors (Lipinski definition) is 0. The molecule has 0 spiro atoms. The second-order valence-electron chi connectivity index (χ2n) is 2.97. The van der Waals surface area contributed by atoms with Gasteiger partial charge in [0.1, 0.15) is 0 Å². The summed E-state index contributed by atoms with van der Waals surface area (Å²) in [4.78, 5) is 15.2. The molecule has 1 aliphatic rings. The van der Waals surface area contributed by atoms with Gasteiger partial charge >= 0.3 is 6.09 Å². The fourth-order valence-electron chi connectivity index (χ4n) is 1.39. The highest BCUT2D eigenvalue weighted by Gasteiger charge is 2.20. The van der Waals surface area contributed by atoms with Crippen LogP contribution in [0.5, 0.6) is 0 Å². The van der Waals surface area contributed by atoms with Crippen LogP contribution in [-0.2, 0) is 4.74 Å². The minimum atomic E-state index is -0.286. The van der Waals surface area contributed by atoms with Gasteiger partial charge in [-0.15, -0.1) is 0 Å². The summed E-state index contributed by atoms with van der Waals surface area (Å²) in [6, 6.07) is 0. The number of ether oxygens (including phenoxy) is 1. The van der Waals surface area contributed by atoms with Crippen LogP contribution in [0.4, 0.5) is 4.79 Å². The Morgan fingerprint density at radius 1 is 1.46 bits per heavy atom. The van der Waals surface area contributed by atoms with Crippen molar-refractivity contribution < 1.29 is 9.53 Å². The van der Waals surface area contributed by atoms with Crippen molar-refractivity contribution in [1.82, 2.24) is 9.80 Å². The molecular formula is C9H16N2O2. The van der Waals surface area contributed by atoms with Crippen LogP contribution >= 0.6 is 0 Å². The Bertz CT molecular complexity index is 186. The maximum atomic E-state index is 11.2. The summed E-state index contributed by atoms with van der Waals surface area (Å²) in [6.45, 7) is 9.88. The second kappa shape index (κ2) is 4.87. The predicted molar refractivity (Wildman–Crippen MR) is 50.4 cm³/mol. The van der Waals surface area contributed by atoms with E-state index in [0.29, 0.717) is 0 Å². The number of amides is 1. The Kier molecular flexibility index (Phi) is 3.76. The van der Waals surface area contributed by atoms with Crippen LogP contribution in [0.1, 0.15) is 6.92 Å². The zero-order valence-electron chi connectivity index (χ0n) is 8.03. The van der Waals surface area contributed by atoms with Gasteiger partial charge in [0.05, 0.1) is 6.26 Å². The van der Waals surface area contributed by atoms with Gasteiger partial charge in [0.2, 0.25) is 0 Å². The third kappa shape index (κ3) is 2.73. The first kappa shape index (κ1) is 10.1. The van der Waals surface area contributed by atoms with E-state index in [1.807, 2.05) is 0 Å². The topological polar surface area (TPSA) is 32.8 Å². The number of likely N-dealkylation sites (N-methyl/N-ethyl adjacent to an activating group) is 1. The van der Waals surface area contributed by atoms with E-state index >= 15 is 0 Å². The van der Waals surface area contributed by atoms with Crippen molar-refractivity contribution in [3.05, 3.63) is 12.8 Å². The summed E-state index contributed by atoms with van der Waals surface area (Å²) >= 11 is 0. The van der Waals surface area contributed by atoms with E-state index in [1.165, 1.54) is 6.26 Å². The molecule has 0 N–H and O–H groups in total. The zero-order chi connectivity index (χ0) is 9.68. The minimum Gasteiger partial charge on any atom is -0.419 e. The van der Waals surface area contributed by atoms with Gasteiger partial charge in [-0.25, -0.2) is 4.79 Å². The Morgan fingerprint density at radius 2 is 2.08 bits per heavy atom. The molecule has 0 aliphatic carbocycles. The SMILES string of the molecule is C=COC(=O)N1CCN(CC)CC1. The van der Waals surface area contributed by atoms with Crippen molar-refractivity contribution in [3.63, 3.8) is 0 Å². The zero-order valence-corrected chi connectivity index (χ0v) is 8.03. The third-order valence-corrected chi connectivity index (χ3v) is 2.26. The molecule has 4 nitrogen and oxygen atoms in total. The van der Waals surface area contributed by atoms with Crippen LogP contribution in [0.2, 0.25) is 0 Å². The van der Waals surface area contributed by atoms with Crippen molar-refractivity contribution in [2.75, 3.05) is 32.7 Å². The van der Waals surface area contributed by atoms with Crippen LogP contribution in [-0.4, -0.2) is 48.6 Å². The van der Waals surface area contributed by atoms with E-state index < -0.39 is 0 Å². The van der Waals surface area contributed by atoms with Crippen molar-refractivity contribution in [3.8, 4) is 0 Å². The van der Waals surface area contributed by atoms with Gasteiger partial charge in [0, 0.05) is 26.2 Å². The van der Waals surface area contributed by atoms with Crippen LogP contribution in [0.15, 0.2) is 12.8 Å². The van der Waals surface area contributed by atoms with Gasteiger partial charge in [-0.05, 0) is 6.54 Å². The van der Waals surface area contributed by atoms with E-state index in [4.69, 9.17) is 0 Å². The lowest BCUT2D eigenvalue weighted by Crippen LogP contribution is -2.48. The molecule has 0 unspecified atom stereocenters. The highest BCUT2D eigenvalue weighted by molar-refractivity contribution is 5.68. The fourth-order valence-corrected chi connectivity index (χ4v) is 1.39. The Labute approximate surface area is 78.8 Å². The number of hydrogen-bond acceptors (Lipinski definition) is 3. The third-order valence-electron chi connectivity index (χ3n) is 2.26. The molecule has 0 aromatic heterocycles. The van der Waals surface area contributed by atoms with Crippen molar-refractivity contribution in [2.45, 2.75) is 6.92 Å². The van der Waals surface area contributed by atoms with Crippen LogP contribution in [0, 0.1) is 0 Å². The predicted octanol–water partition coefficient (Wildman–Crippen LogP) is 0.904.